The summed E-state index contributed by atoms with van der Waals surface area (Å²) in [6.45, 7) is 1.66. The molecule has 7 nitrogen and oxygen atoms in total. The van der Waals surface area contributed by atoms with E-state index in [1.807, 2.05) is 0 Å². The van der Waals surface area contributed by atoms with Crippen molar-refractivity contribution in [3.8, 4) is 0 Å². The van der Waals surface area contributed by atoms with E-state index in [0.717, 1.165) is 6.07 Å². The fourth-order valence-electron chi connectivity index (χ4n) is 2.14. The third kappa shape index (κ3) is 2.88. The number of nitrogens with zero attached hydrogens (tertiary/aromatic N) is 1. The highest BCUT2D eigenvalue weighted by molar-refractivity contribution is 7.92. The maximum Gasteiger partial charge on any atom is 0.335 e. The summed E-state index contributed by atoms with van der Waals surface area (Å²) in [6, 6.07) is 10.0. The monoisotopic (exact) mass is 332 g/mol. The van der Waals surface area contributed by atoms with E-state index < -0.39 is 16.0 Å². The molecule has 0 atom stereocenters. The molecule has 0 bridgehead atoms. The van der Waals surface area contributed by atoms with Crippen molar-refractivity contribution in [2.75, 3.05) is 4.72 Å². The lowest BCUT2D eigenvalue weighted by Gasteiger charge is -2.08. The molecule has 23 heavy (non-hydrogen) atoms. The van der Waals surface area contributed by atoms with Crippen LogP contribution in [0.3, 0.4) is 0 Å². The number of carboxylic acids is 1. The third-order valence-corrected chi connectivity index (χ3v) is 4.52. The van der Waals surface area contributed by atoms with Crippen molar-refractivity contribution < 1.29 is 22.7 Å². The van der Waals surface area contributed by atoms with Crippen LogP contribution in [0.15, 0.2) is 51.8 Å². The minimum atomic E-state index is -3.95. The number of para-hydroxylation sites is 1. The number of fused-ring (bicyclic) bond motifs is 1. The van der Waals surface area contributed by atoms with Crippen LogP contribution in [-0.4, -0.2) is 24.5 Å². The number of aromatic nitrogens is 1. The van der Waals surface area contributed by atoms with Gasteiger partial charge in [0.2, 0.25) is 0 Å². The Bertz CT molecular complexity index is 1010. The molecule has 3 aromatic rings. The first-order chi connectivity index (χ1) is 10.9. The lowest BCUT2D eigenvalue weighted by Crippen LogP contribution is -2.13. The lowest BCUT2D eigenvalue weighted by atomic mass is 10.2. The summed E-state index contributed by atoms with van der Waals surface area (Å²) in [5.41, 5.74) is 0.982. The quantitative estimate of drug-likeness (QED) is 0.760. The van der Waals surface area contributed by atoms with Crippen molar-refractivity contribution >= 4 is 32.8 Å². The van der Waals surface area contributed by atoms with E-state index in [9.17, 15) is 13.2 Å². The molecule has 0 fully saturated rings. The highest BCUT2D eigenvalue weighted by Gasteiger charge is 2.18. The van der Waals surface area contributed by atoms with Gasteiger partial charge in [-0.2, -0.15) is 0 Å². The number of nitrogens with one attached hydrogen (secondary N) is 1. The van der Waals surface area contributed by atoms with Crippen LogP contribution in [0, 0.1) is 6.92 Å². The smallest absolute Gasteiger partial charge is 0.335 e. The van der Waals surface area contributed by atoms with Crippen LogP contribution in [0.1, 0.15) is 16.2 Å². The van der Waals surface area contributed by atoms with Crippen LogP contribution in [-0.2, 0) is 10.0 Å². The number of aromatic carboxylic acids is 1. The van der Waals surface area contributed by atoms with E-state index in [4.69, 9.17) is 9.52 Å². The van der Waals surface area contributed by atoms with Crippen LogP contribution in [0.25, 0.3) is 11.1 Å². The van der Waals surface area contributed by atoms with Gasteiger partial charge in [-0.1, -0.05) is 12.1 Å². The van der Waals surface area contributed by atoms with Gasteiger partial charge in [0.25, 0.3) is 10.0 Å². The third-order valence-electron chi connectivity index (χ3n) is 3.16. The molecule has 0 radical (unpaired) electrons. The molecule has 1 aromatic heterocycles. The molecule has 2 N–H and O–H groups in total. The molecule has 0 saturated carbocycles. The van der Waals surface area contributed by atoms with Gasteiger partial charge >= 0.3 is 5.97 Å². The maximum atomic E-state index is 12.5. The van der Waals surface area contributed by atoms with Crippen molar-refractivity contribution in [1.29, 1.82) is 0 Å². The Kier molecular flexibility index (Phi) is 3.53. The molecule has 2 aromatic carbocycles. The summed E-state index contributed by atoms with van der Waals surface area (Å²) in [5.74, 6) is -0.783. The fraction of sp³-hybridized carbons (Fsp3) is 0.0667. The topological polar surface area (TPSA) is 110 Å². The van der Waals surface area contributed by atoms with Crippen molar-refractivity contribution in [1.82, 2.24) is 4.98 Å². The molecule has 118 valence electrons. The molecule has 8 heteroatoms. The van der Waals surface area contributed by atoms with Gasteiger partial charge in [-0.25, -0.2) is 18.2 Å². The Morgan fingerprint density at radius 2 is 1.96 bits per heavy atom. The molecule has 1 heterocycles. The summed E-state index contributed by atoms with van der Waals surface area (Å²) in [4.78, 5) is 15.0. The van der Waals surface area contributed by atoms with Gasteiger partial charge in [0, 0.05) is 6.92 Å². The molecule has 3 rings (SSSR count). The number of hydrogen-bond acceptors (Lipinski definition) is 5. The Labute approximate surface area is 131 Å². The zero-order valence-corrected chi connectivity index (χ0v) is 12.8. The van der Waals surface area contributed by atoms with E-state index in [2.05, 4.69) is 9.71 Å². The molecule has 0 aliphatic carbocycles. The zero-order chi connectivity index (χ0) is 16.6. The summed E-state index contributed by atoms with van der Waals surface area (Å²) >= 11 is 0. The predicted molar refractivity (Wildman–Crippen MR) is 83.0 cm³/mol. The first-order valence-electron chi connectivity index (χ1n) is 6.59. The number of benzene rings is 2. The van der Waals surface area contributed by atoms with Crippen LogP contribution in [0.4, 0.5) is 5.69 Å². The minimum absolute atomic E-state index is 0.110. The Morgan fingerprint density at radius 3 is 2.70 bits per heavy atom. The van der Waals surface area contributed by atoms with Gasteiger partial charge < -0.3 is 9.52 Å². The van der Waals surface area contributed by atoms with Gasteiger partial charge in [0.15, 0.2) is 11.5 Å². The van der Waals surface area contributed by atoms with E-state index in [-0.39, 0.29) is 16.1 Å². The molecular formula is C15H12N2O5S. The van der Waals surface area contributed by atoms with Gasteiger partial charge in [0.1, 0.15) is 5.52 Å². The molecule has 0 aliphatic rings. The SMILES string of the molecule is Cc1nc2cccc(NS(=O)(=O)c3cccc(C(=O)O)c3)c2o1. The summed E-state index contributed by atoms with van der Waals surface area (Å²) in [6.07, 6.45) is 0. The van der Waals surface area contributed by atoms with E-state index in [1.165, 1.54) is 18.2 Å². The van der Waals surface area contributed by atoms with Gasteiger partial charge in [0.05, 0.1) is 16.1 Å². The van der Waals surface area contributed by atoms with Crippen LogP contribution < -0.4 is 4.72 Å². The van der Waals surface area contributed by atoms with Crippen LogP contribution >= 0.6 is 0 Å². The molecule has 0 saturated heterocycles. The highest BCUT2D eigenvalue weighted by Crippen LogP contribution is 2.26. The average Bonchev–Trinajstić information content (AvgIpc) is 2.88. The number of aryl methyl sites for hydroxylation is 1. The Morgan fingerprint density at radius 1 is 1.22 bits per heavy atom. The predicted octanol–water partition coefficient (Wildman–Crippen LogP) is 2.64. The number of carbonyl (C=O) groups is 1. The Balaban J connectivity index is 2.03. The molecule has 0 amide bonds. The molecule has 0 aliphatic heterocycles. The zero-order valence-electron chi connectivity index (χ0n) is 12.0. The van der Waals surface area contributed by atoms with Crippen molar-refractivity contribution in [2.24, 2.45) is 0 Å². The van der Waals surface area contributed by atoms with Gasteiger partial charge in [-0.05, 0) is 30.3 Å². The number of oxazole rings is 1. The first-order valence-corrected chi connectivity index (χ1v) is 8.07. The first kappa shape index (κ1) is 15.0. The van der Waals surface area contributed by atoms with E-state index in [0.29, 0.717) is 17.0 Å². The summed E-state index contributed by atoms with van der Waals surface area (Å²) in [7, 11) is -3.95. The lowest BCUT2D eigenvalue weighted by molar-refractivity contribution is 0.0696. The van der Waals surface area contributed by atoms with Crippen molar-refractivity contribution in [2.45, 2.75) is 11.8 Å². The molecule has 0 spiro atoms. The highest BCUT2D eigenvalue weighted by atomic mass is 32.2. The largest absolute Gasteiger partial charge is 0.478 e. The average molecular weight is 332 g/mol. The number of sulfonamides is 1. The van der Waals surface area contributed by atoms with E-state index >= 15 is 0 Å². The van der Waals surface area contributed by atoms with Crippen LogP contribution in [0.5, 0.6) is 0 Å². The minimum Gasteiger partial charge on any atom is -0.478 e. The van der Waals surface area contributed by atoms with Crippen LogP contribution in [0.2, 0.25) is 0 Å². The number of anilines is 1. The second kappa shape index (κ2) is 5.40. The van der Waals surface area contributed by atoms with Crippen molar-refractivity contribution in [3.05, 3.63) is 53.9 Å². The summed E-state index contributed by atoms with van der Waals surface area (Å²) in [5, 5.41) is 8.97. The standard InChI is InChI=1S/C15H12N2O5S/c1-9-16-12-6-3-7-13(14(12)22-9)17-23(20,21)11-5-2-4-10(8-11)15(18)19/h2-8,17H,1H3,(H,18,19). The number of rotatable bonds is 4. The molecular weight excluding hydrogens is 320 g/mol. The van der Waals surface area contributed by atoms with Gasteiger partial charge in [-0.3, -0.25) is 4.72 Å². The molecule has 0 unspecified atom stereocenters. The fourth-order valence-corrected chi connectivity index (χ4v) is 3.25. The number of carboxylic acid groups (broad SMARTS) is 1. The normalized spacial score (nSPS) is 11.5. The van der Waals surface area contributed by atoms with Crippen molar-refractivity contribution in [3.63, 3.8) is 0 Å². The summed E-state index contributed by atoms with van der Waals surface area (Å²) < 4.78 is 32.7. The Hall–Kier alpha value is -2.87. The second-order valence-corrected chi connectivity index (χ2v) is 6.51. The maximum absolute atomic E-state index is 12.5. The van der Waals surface area contributed by atoms with E-state index in [1.54, 1.807) is 25.1 Å². The number of hydrogen-bond donors (Lipinski definition) is 2. The second-order valence-electron chi connectivity index (χ2n) is 4.83. The van der Waals surface area contributed by atoms with Gasteiger partial charge in [-0.15, -0.1) is 0 Å².